The van der Waals surface area contributed by atoms with Gasteiger partial charge in [0.2, 0.25) is 0 Å². The first-order chi connectivity index (χ1) is 7.02. The van der Waals surface area contributed by atoms with Crippen molar-refractivity contribution in [1.82, 2.24) is 0 Å². The fourth-order valence-electron chi connectivity index (χ4n) is 1.87. The van der Waals surface area contributed by atoms with Gasteiger partial charge in [0, 0.05) is 13.0 Å². The molecule has 0 amide bonds. The van der Waals surface area contributed by atoms with E-state index in [2.05, 4.69) is 0 Å². The van der Waals surface area contributed by atoms with Crippen LogP contribution in [0.3, 0.4) is 0 Å². The fourth-order valence-corrected chi connectivity index (χ4v) is 1.87. The van der Waals surface area contributed by atoms with Crippen LogP contribution in [0.4, 0.5) is 8.78 Å². The van der Waals surface area contributed by atoms with Gasteiger partial charge in [-0.25, -0.2) is 8.78 Å². The first kappa shape index (κ1) is 10.4. The molecule has 1 saturated carbocycles. The molecule has 1 heterocycles. The van der Waals surface area contributed by atoms with Crippen LogP contribution in [0.2, 0.25) is 0 Å². The van der Waals surface area contributed by atoms with E-state index >= 15 is 0 Å². The van der Waals surface area contributed by atoms with E-state index in [1.165, 1.54) is 6.26 Å². The Hall–Kier alpha value is -1.16. The minimum atomic E-state index is -2.66. The molecule has 15 heavy (non-hydrogen) atoms. The van der Waals surface area contributed by atoms with Gasteiger partial charge in [-0.15, -0.1) is 0 Å². The van der Waals surface area contributed by atoms with Gasteiger partial charge in [0.05, 0.1) is 11.7 Å². The van der Waals surface area contributed by atoms with Crippen LogP contribution in [-0.2, 0) is 0 Å². The number of rotatable bonds is 3. The van der Waals surface area contributed by atoms with E-state index < -0.39 is 11.3 Å². The number of hydrogen-bond donors (Lipinski definition) is 1. The van der Waals surface area contributed by atoms with E-state index in [9.17, 15) is 8.78 Å². The lowest BCUT2D eigenvalue weighted by atomic mass is 9.96. The standard InChI is InChI=1S/C11H13F2NO/c1-8(5-9-3-2-4-15-9)10(7-14)6-11(10,12)13/h2-5H,6-7,14H2,1H3/b8-5-. The van der Waals surface area contributed by atoms with Gasteiger partial charge >= 0.3 is 0 Å². The molecule has 1 unspecified atom stereocenters. The van der Waals surface area contributed by atoms with Gasteiger partial charge in [-0.1, -0.05) is 5.57 Å². The zero-order valence-electron chi connectivity index (χ0n) is 8.47. The second kappa shape index (κ2) is 3.17. The highest BCUT2D eigenvalue weighted by Gasteiger charge is 2.70. The van der Waals surface area contributed by atoms with Crippen LogP contribution in [0.1, 0.15) is 19.1 Å². The zero-order chi connectivity index (χ0) is 11.1. The Labute approximate surface area is 86.8 Å². The predicted octanol–water partition coefficient (Wildman–Crippen LogP) is 2.67. The van der Waals surface area contributed by atoms with E-state index in [4.69, 9.17) is 10.2 Å². The van der Waals surface area contributed by atoms with Crippen LogP contribution >= 0.6 is 0 Å². The van der Waals surface area contributed by atoms with E-state index in [1.54, 1.807) is 25.1 Å². The number of hydrogen-bond acceptors (Lipinski definition) is 2. The molecule has 1 aliphatic rings. The van der Waals surface area contributed by atoms with E-state index in [-0.39, 0.29) is 13.0 Å². The van der Waals surface area contributed by atoms with Crippen molar-refractivity contribution in [3.8, 4) is 0 Å². The Balaban J connectivity index is 2.25. The van der Waals surface area contributed by atoms with Gasteiger partial charge in [0.15, 0.2) is 0 Å². The number of halogens is 2. The number of furan rings is 1. The van der Waals surface area contributed by atoms with Crippen LogP contribution in [0.15, 0.2) is 28.4 Å². The van der Waals surface area contributed by atoms with Crippen molar-refractivity contribution in [1.29, 1.82) is 0 Å². The molecular formula is C11H13F2NO. The SMILES string of the molecule is C/C(=C/c1ccco1)C1(CN)CC1(F)F. The summed E-state index contributed by atoms with van der Waals surface area (Å²) in [5.41, 5.74) is 4.87. The minimum absolute atomic E-state index is 0.0248. The molecule has 1 aromatic heterocycles. The van der Waals surface area contributed by atoms with E-state index in [1.807, 2.05) is 0 Å². The number of nitrogens with two attached hydrogens (primary N) is 1. The quantitative estimate of drug-likeness (QED) is 0.838. The molecule has 2 rings (SSSR count). The molecule has 0 saturated heterocycles. The minimum Gasteiger partial charge on any atom is -0.465 e. The second-order valence-corrected chi connectivity index (χ2v) is 4.01. The Kier molecular flexibility index (Phi) is 2.19. The zero-order valence-corrected chi connectivity index (χ0v) is 8.47. The summed E-state index contributed by atoms with van der Waals surface area (Å²) < 4.78 is 31.4. The van der Waals surface area contributed by atoms with E-state index in [0.717, 1.165) is 0 Å². The molecule has 0 aliphatic heterocycles. The molecule has 4 heteroatoms. The lowest BCUT2D eigenvalue weighted by Gasteiger charge is -2.14. The third kappa shape index (κ3) is 1.49. The van der Waals surface area contributed by atoms with Crippen LogP contribution < -0.4 is 5.73 Å². The van der Waals surface area contributed by atoms with Crippen molar-refractivity contribution >= 4 is 6.08 Å². The van der Waals surface area contributed by atoms with Crippen LogP contribution in [0, 0.1) is 5.41 Å². The summed E-state index contributed by atoms with van der Waals surface area (Å²) in [6.45, 7) is 1.65. The van der Waals surface area contributed by atoms with Crippen molar-refractivity contribution in [2.24, 2.45) is 11.1 Å². The fraction of sp³-hybridized carbons (Fsp3) is 0.455. The second-order valence-electron chi connectivity index (χ2n) is 4.01. The maximum absolute atomic E-state index is 13.2. The van der Waals surface area contributed by atoms with Gasteiger partial charge in [-0.2, -0.15) is 0 Å². The van der Waals surface area contributed by atoms with Gasteiger partial charge in [-0.3, -0.25) is 0 Å². The summed E-state index contributed by atoms with van der Waals surface area (Å²) in [5, 5.41) is 0. The summed E-state index contributed by atoms with van der Waals surface area (Å²) in [6.07, 6.45) is 2.99. The Morgan fingerprint density at radius 2 is 2.33 bits per heavy atom. The average molecular weight is 213 g/mol. The summed E-state index contributed by atoms with van der Waals surface area (Å²) >= 11 is 0. The highest BCUT2D eigenvalue weighted by molar-refractivity contribution is 5.52. The lowest BCUT2D eigenvalue weighted by molar-refractivity contribution is 0.0786. The van der Waals surface area contributed by atoms with Gasteiger partial charge < -0.3 is 10.2 Å². The lowest BCUT2D eigenvalue weighted by Crippen LogP contribution is -2.23. The highest BCUT2D eigenvalue weighted by Crippen LogP contribution is 2.64. The molecule has 1 aliphatic carbocycles. The highest BCUT2D eigenvalue weighted by atomic mass is 19.3. The summed E-state index contributed by atoms with van der Waals surface area (Å²) in [7, 11) is 0. The normalized spacial score (nSPS) is 29.2. The molecule has 1 aromatic rings. The molecule has 0 radical (unpaired) electrons. The Morgan fingerprint density at radius 1 is 1.67 bits per heavy atom. The largest absolute Gasteiger partial charge is 0.465 e. The van der Waals surface area contributed by atoms with Gasteiger partial charge in [0.1, 0.15) is 5.76 Å². The average Bonchev–Trinajstić information content (AvgIpc) is 2.58. The van der Waals surface area contributed by atoms with Crippen molar-refractivity contribution in [3.05, 3.63) is 29.7 Å². The third-order valence-electron chi connectivity index (χ3n) is 3.10. The maximum atomic E-state index is 13.2. The molecule has 0 bridgehead atoms. The Bertz CT molecular complexity index is 383. The smallest absolute Gasteiger partial charge is 0.259 e. The van der Waals surface area contributed by atoms with Crippen molar-refractivity contribution < 1.29 is 13.2 Å². The molecule has 1 fully saturated rings. The summed E-state index contributed by atoms with van der Waals surface area (Å²) in [5.74, 6) is -2.07. The first-order valence-electron chi connectivity index (χ1n) is 4.82. The van der Waals surface area contributed by atoms with Crippen LogP contribution in [0.25, 0.3) is 6.08 Å². The van der Waals surface area contributed by atoms with Crippen molar-refractivity contribution in [2.45, 2.75) is 19.3 Å². The van der Waals surface area contributed by atoms with Crippen LogP contribution in [-0.4, -0.2) is 12.5 Å². The van der Waals surface area contributed by atoms with Gasteiger partial charge in [-0.05, 0) is 25.1 Å². The molecule has 1 atom stereocenters. The molecule has 0 spiro atoms. The van der Waals surface area contributed by atoms with Crippen LogP contribution in [0.5, 0.6) is 0 Å². The predicted molar refractivity (Wildman–Crippen MR) is 53.4 cm³/mol. The Morgan fingerprint density at radius 3 is 2.73 bits per heavy atom. The molecule has 2 N–H and O–H groups in total. The van der Waals surface area contributed by atoms with E-state index in [0.29, 0.717) is 11.3 Å². The maximum Gasteiger partial charge on any atom is 0.259 e. The monoisotopic (exact) mass is 213 g/mol. The first-order valence-corrected chi connectivity index (χ1v) is 4.82. The molecule has 0 aromatic carbocycles. The molecular weight excluding hydrogens is 200 g/mol. The van der Waals surface area contributed by atoms with Crippen molar-refractivity contribution in [3.63, 3.8) is 0 Å². The molecule has 82 valence electrons. The molecule has 2 nitrogen and oxygen atoms in total. The third-order valence-corrected chi connectivity index (χ3v) is 3.10. The topological polar surface area (TPSA) is 39.2 Å². The summed E-state index contributed by atoms with van der Waals surface area (Å²) in [6, 6.07) is 3.45. The summed E-state index contributed by atoms with van der Waals surface area (Å²) in [4.78, 5) is 0. The van der Waals surface area contributed by atoms with Gasteiger partial charge in [0.25, 0.3) is 5.92 Å². The van der Waals surface area contributed by atoms with Crippen molar-refractivity contribution in [2.75, 3.05) is 6.54 Å². The number of alkyl halides is 2.